The maximum Gasteiger partial charge on any atom is 0.264 e. The van der Waals surface area contributed by atoms with Crippen LogP contribution in [-0.2, 0) is 16.6 Å². The molecule has 162 valence electrons. The molecule has 31 heavy (non-hydrogen) atoms. The summed E-state index contributed by atoms with van der Waals surface area (Å²) < 4.78 is 60.4. The molecule has 9 heteroatoms. The van der Waals surface area contributed by atoms with Crippen LogP contribution in [0.1, 0.15) is 15.9 Å². The lowest BCUT2D eigenvalue weighted by atomic mass is 10.1. The molecule has 0 spiro atoms. The third kappa shape index (κ3) is 5.37. The van der Waals surface area contributed by atoms with Gasteiger partial charge in [0.2, 0.25) is 0 Å². The van der Waals surface area contributed by atoms with E-state index in [9.17, 15) is 22.0 Å². The molecule has 0 saturated carbocycles. The Morgan fingerprint density at radius 3 is 2.39 bits per heavy atom. The molecule has 0 unspecified atom stereocenters. The second kappa shape index (κ2) is 9.13. The Kier molecular flexibility index (Phi) is 6.55. The highest BCUT2D eigenvalue weighted by atomic mass is 32.2. The van der Waals surface area contributed by atoms with Crippen LogP contribution in [0.3, 0.4) is 0 Å². The van der Waals surface area contributed by atoms with E-state index in [1.807, 2.05) is 0 Å². The molecule has 0 aliphatic rings. The van der Waals surface area contributed by atoms with Crippen molar-refractivity contribution in [2.24, 2.45) is 0 Å². The molecule has 0 heterocycles. The lowest BCUT2D eigenvalue weighted by Gasteiger charge is -2.18. The zero-order chi connectivity index (χ0) is 22.6. The van der Waals surface area contributed by atoms with Crippen molar-refractivity contribution in [3.63, 3.8) is 0 Å². The van der Waals surface area contributed by atoms with Gasteiger partial charge in [-0.2, -0.15) is 0 Å². The van der Waals surface area contributed by atoms with Gasteiger partial charge in [0.1, 0.15) is 22.3 Å². The molecule has 0 atom stereocenters. The fourth-order valence-corrected chi connectivity index (χ4v) is 4.08. The van der Waals surface area contributed by atoms with E-state index in [1.165, 1.54) is 55.5 Å². The van der Waals surface area contributed by atoms with Gasteiger partial charge in [0, 0.05) is 24.8 Å². The highest BCUT2D eigenvalue weighted by Gasteiger charge is 2.23. The average molecular weight is 446 g/mol. The predicted molar refractivity (Wildman–Crippen MR) is 112 cm³/mol. The number of carbonyl (C=O) groups excluding carboxylic acids is 1. The van der Waals surface area contributed by atoms with Crippen molar-refractivity contribution in [3.05, 3.63) is 89.5 Å². The first kappa shape index (κ1) is 22.2. The highest BCUT2D eigenvalue weighted by molar-refractivity contribution is 7.92. The minimum atomic E-state index is -4.30. The fourth-order valence-electron chi connectivity index (χ4n) is 2.91. The number of anilines is 1. The van der Waals surface area contributed by atoms with E-state index in [0.717, 1.165) is 12.1 Å². The number of sulfonamides is 1. The van der Waals surface area contributed by atoms with Crippen molar-refractivity contribution in [2.45, 2.75) is 11.4 Å². The number of hydrogen-bond acceptors (Lipinski definition) is 4. The van der Waals surface area contributed by atoms with Gasteiger partial charge in [-0.3, -0.25) is 9.52 Å². The Hall–Kier alpha value is -3.46. The molecule has 0 fully saturated rings. The van der Waals surface area contributed by atoms with Crippen molar-refractivity contribution in [1.82, 2.24) is 4.90 Å². The fraction of sp³-hybridized carbons (Fsp3) is 0.136. The molecule has 0 aliphatic carbocycles. The van der Waals surface area contributed by atoms with Crippen LogP contribution in [0.4, 0.5) is 14.5 Å². The van der Waals surface area contributed by atoms with Gasteiger partial charge < -0.3 is 9.64 Å². The third-order valence-electron chi connectivity index (χ3n) is 4.47. The monoisotopic (exact) mass is 446 g/mol. The van der Waals surface area contributed by atoms with Crippen LogP contribution >= 0.6 is 0 Å². The lowest BCUT2D eigenvalue weighted by Crippen LogP contribution is -2.26. The molecule has 3 aromatic carbocycles. The third-order valence-corrected chi connectivity index (χ3v) is 5.86. The van der Waals surface area contributed by atoms with Gasteiger partial charge in [-0.05, 0) is 60.2 Å². The van der Waals surface area contributed by atoms with Gasteiger partial charge in [-0.25, -0.2) is 17.2 Å². The summed E-state index contributed by atoms with van der Waals surface area (Å²) in [6.45, 7) is 0.0974. The van der Waals surface area contributed by atoms with Crippen LogP contribution in [0.25, 0.3) is 0 Å². The van der Waals surface area contributed by atoms with Crippen LogP contribution in [0.15, 0.2) is 71.6 Å². The molecular weight excluding hydrogens is 426 g/mol. The number of amides is 1. The molecule has 0 radical (unpaired) electrons. The number of methoxy groups -OCH3 is 1. The zero-order valence-corrected chi connectivity index (χ0v) is 17.6. The summed E-state index contributed by atoms with van der Waals surface area (Å²) in [5.74, 6) is -1.43. The summed E-state index contributed by atoms with van der Waals surface area (Å²) in [5, 5.41) is 0. The summed E-state index contributed by atoms with van der Waals surface area (Å²) in [6, 6.07) is 14.9. The lowest BCUT2D eigenvalue weighted by molar-refractivity contribution is 0.0784. The van der Waals surface area contributed by atoms with Crippen molar-refractivity contribution < 1.29 is 26.7 Å². The largest absolute Gasteiger partial charge is 0.497 e. The number of nitrogens with one attached hydrogen (secondary N) is 1. The summed E-state index contributed by atoms with van der Waals surface area (Å²) in [4.78, 5) is 13.4. The Bertz CT molecular complexity index is 1200. The Labute approximate surface area is 179 Å². The van der Waals surface area contributed by atoms with Gasteiger partial charge in [-0.1, -0.05) is 12.1 Å². The Balaban J connectivity index is 1.83. The first-order chi connectivity index (χ1) is 14.7. The molecule has 0 bridgehead atoms. The number of halogens is 2. The van der Waals surface area contributed by atoms with Crippen LogP contribution in [0.2, 0.25) is 0 Å². The summed E-state index contributed by atoms with van der Waals surface area (Å²) in [6.07, 6.45) is 0. The minimum absolute atomic E-state index is 0.0181. The summed E-state index contributed by atoms with van der Waals surface area (Å²) >= 11 is 0. The Morgan fingerprint density at radius 1 is 1.03 bits per heavy atom. The molecule has 6 nitrogen and oxygen atoms in total. The molecule has 0 aromatic heterocycles. The number of ether oxygens (including phenoxy) is 1. The van der Waals surface area contributed by atoms with Crippen molar-refractivity contribution in [1.29, 1.82) is 0 Å². The van der Waals surface area contributed by atoms with Crippen LogP contribution in [-0.4, -0.2) is 33.4 Å². The second-order valence-corrected chi connectivity index (χ2v) is 8.42. The summed E-state index contributed by atoms with van der Waals surface area (Å²) in [7, 11) is -1.33. The van der Waals surface area contributed by atoms with Gasteiger partial charge in [0.25, 0.3) is 15.9 Å². The van der Waals surface area contributed by atoms with Crippen molar-refractivity contribution in [3.8, 4) is 5.75 Å². The van der Waals surface area contributed by atoms with E-state index in [-0.39, 0.29) is 17.8 Å². The van der Waals surface area contributed by atoms with Crippen LogP contribution in [0.5, 0.6) is 5.75 Å². The van der Waals surface area contributed by atoms with Crippen LogP contribution < -0.4 is 9.46 Å². The Morgan fingerprint density at radius 2 is 1.74 bits per heavy atom. The SMILES string of the molecule is COc1ccc(NS(=O)(=O)c2cc(C(=O)N(C)Cc3cccc(F)c3)ccc2F)cc1. The van der Waals surface area contributed by atoms with E-state index >= 15 is 0 Å². The summed E-state index contributed by atoms with van der Waals surface area (Å²) in [5.41, 5.74) is 0.752. The maximum absolute atomic E-state index is 14.3. The number of carbonyl (C=O) groups is 1. The van der Waals surface area contributed by atoms with Gasteiger partial charge in [-0.15, -0.1) is 0 Å². The number of hydrogen-bond donors (Lipinski definition) is 1. The van der Waals surface area contributed by atoms with Gasteiger partial charge in [0.15, 0.2) is 0 Å². The van der Waals surface area contributed by atoms with E-state index in [2.05, 4.69) is 4.72 Å². The second-order valence-electron chi connectivity index (χ2n) is 6.77. The first-order valence-electron chi connectivity index (χ1n) is 9.16. The standard InChI is InChI=1S/C22H20F2N2O4S/c1-26(14-15-4-3-5-17(23)12-15)22(27)16-6-11-20(24)21(13-16)31(28,29)25-18-7-9-19(30-2)10-8-18/h3-13,25H,14H2,1-2H3. The molecule has 1 amide bonds. The number of benzene rings is 3. The molecule has 3 rings (SSSR count). The highest BCUT2D eigenvalue weighted by Crippen LogP contribution is 2.23. The van der Waals surface area contributed by atoms with Crippen molar-refractivity contribution in [2.75, 3.05) is 18.9 Å². The maximum atomic E-state index is 14.3. The molecule has 1 N–H and O–H groups in total. The number of nitrogens with zero attached hydrogens (tertiary/aromatic N) is 1. The average Bonchev–Trinajstić information content (AvgIpc) is 2.73. The molecule has 0 saturated heterocycles. The zero-order valence-electron chi connectivity index (χ0n) is 16.8. The smallest absolute Gasteiger partial charge is 0.264 e. The van der Waals surface area contributed by atoms with E-state index in [1.54, 1.807) is 18.2 Å². The molecule has 3 aromatic rings. The van der Waals surface area contributed by atoms with E-state index in [0.29, 0.717) is 11.3 Å². The van der Waals surface area contributed by atoms with Crippen molar-refractivity contribution >= 4 is 21.6 Å². The van der Waals surface area contributed by atoms with E-state index in [4.69, 9.17) is 4.74 Å². The quantitative estimate of drug-likeness (QED) is 0.594. The number of rotatable bonds is 7. The normalized spacial score (nSPS) is 11.1. The minimum Gasteiger partial charge on any atom is -0.497 e. The predicted octanol–water partition coefficient (Wildman–Crippen LogP) is 4.05. The molecular formula is C22H20F2N2O4S. The first-order valence-corrected chi connectivity index (χ1v) is 10.6. The van der Waals surface area contributed by atoms with Gasteiger partial charge in [0.05, 0.1) is 7.11 Å². The van der Waals surface area contributed by atoms with Gasteiger partial charge >= 0.3 is 0 Å². The molecule has 0 aliphatic heterocycles. The van der Waals surface area contributed by atoms with Crippen LogP contribution in [0, 0.1) is 11.6 Å². The topological polar surface area (TPSA) is 75.7 Å². The van der Waals surface area contributed by atoms with E-state index < -0.39 is 32.5 Å².